The Morgan fingerprint density at radius 3 is 0.926 bits per heavy atom. The highest BCUT2D eigenvalue weighted by Gasteiger charge is 2.35. The van der Waals surface area contributed by atoms with E-state index in [1.165, 1.54) is 44.5 Å². The van der Waals surface area contributed by atoms with Crippen molar-refractivity contribution in [2.45, 2.75) is 11.6 Å². The monoisotopic (exact) mass is 341 g/mol. The lowest BCUT2D eigenvalue weighted by molar-refractivity contribution is 1.09. The van der Waals surface area contributed by atoms with Gasteiger partial charge in [-0.05, 0) is 56.1 Å². The van der Waals surface area contributed by atoms with E-state index in [0.717, 1.165) is 0 Å². The molecule has 0 aromatic heterocycles. The fourth-order valence-electron chi connectivity index (χ4n) is 5.00. The molecule has 6 rings (SSSR count). The first-order valence-electron chi connectivity index (χ1n) is 9.63. The molecule has 0 saturated heterocycles. The van der Waals surface area contributed by atoms with E-state index in [-0.39, 0.29) is 0 Å². The number of hydrogen-bond donors (Lipinski definition) is 0. The summed E-state index contributed by atoms with van der Waals surface area (Å²) in [4.78, 5) is 0. The van der Waals surface area contributed by atoms with E-state index in [4.69, 9.17) is 0 Å². The predicted molar refractivity (Wildman–Crippen MR) is 113 cm³/mol. The lowest BCUT2D eigenvalue weighted by Gasteiger charge is -2.19. The zero-order chi connectivity index (χ0) is 17.8. The molecule has 0 aliphatic heterocycles. The summed E-state index contributed by atoms with van der Waals surface area (Å²) >= 11 is 0. The Morgan fingerprint density at radius 2 is 0.630 bits per heavy atom. The summed E-state index contributed by atoms with van der Waals surface area (Å²) in [6, 6.07) is 35.5. The highest BCUT2D eigenvalue weighted by atomic mass is 14.3. The largest absolute Gasteiger partial charge is 0.141 e. The maximum absolute atomic E-state index is 2.56. The summed E-state index contributed by atoms with van der Waals surface area (Å²) < 4.78 is 0. The van der Waals surface area contributed by atoms with Gasteiger partial charge in [0.1, 0.15) is 7.28 Å². The normalized spacial score (nSPS) is 14.4. The van der Waals surface area contributed by atoms with Crippen LogP contribution in [0.4, 0.5) is 0 Å². The molecule has 0 unspecified atom stereocenters. The SMILES string of the molecule is [B](C1c2ccccc2-c2ccccc21)C1c2ccccc2-c2ccccc21. The van der Waals surface area contributed by atoms with Crippen LogP contribution >= 0.6 is 0 Å². The Morgan fingerprint density at radius 1 is 0.370 bits per heavy atom. The number of fused-ring (bicyclic) bond motifs is 6. The molecular formula is C26H18B. The van der Waals surface area contributed by atoms with Gasteiger partial charge < -0.3 is 0 Å². The smallest absolute Gasteiger partial charge is 0.0620 e. The molecule has 0 N–H and O–H groups in total. The Balaban J connectivity index is 1.51. The molecule has 0 amide bonds. The minimum atomic E-state index is 0.335. The summed E-state index contributed by atoms with van der Waals surface area (Å²) in [7, 11) is 2.56. The Kier molecular flexibility index (Phi) is 3.19. The molecule has 4 aromatic rings. The van der Waals surface area contributed by atoms with E-state index in [1.54, 1.807) is 0 Å². The molecular weight excluding hydrogens is 323 g/mol. The van der Waals surface area contributed by atoms with Crippen molar-refractivity contribution in [1.29, 1.82) is 0 Å². The van der Waals surface area contributed by atoms with Crippen molar-refractivity contribution in [3.05, 3.63) is 119 Å². The molecule has 0 nitrogen and oxygen atoms in total. The molecule has 0 atom stereocenters. The van der Waals surface area contributed by atoms with Gasteiger partial charge >= 0.3 is 0 Å². The van der Waals surface area contributed by atoms with Gasteiger partial charge in [0, 0.05) is 0 Å². The van der Waals surface area contributed by atoms with Crippen LogP contribution in [-0.2, 0) is 0 Å². The highest BCUT2D eigenvalue weighted by molar-refractivity contribution is 6.44. The lowest BCUT2D eigenvalue weighted by Crippen LogP contribution is -2.16. The van der Waals surface area contributed by atoms with Gasteiger partial charge in [0.15, 0.2) is 0 Å². The van der Waals surface area contributed by atoms with E-state index in [1.807, 2.05) is 0 Å². The average Bonchev–Trinajstić information content (AvgIpc) is 3.23. The van der Waals surface area contributed by atoms with E-state index in [9.17, 15) is 0 Å². The topological polar surface area (TPSA) is 0 Å². The van der Waals surface area contributed by atoms with Crippen molar-refractivity contribution in [2.75, 3.05) is 0 Å². The summed E-state index contributed by atoms with van der Waals surface area (Å²) in [5.74, 6) is 0.670. The van der Waals surface area contributed by atoms with E-state index < -0.39 is 0 Å². The molecule has 2 aliphatic carbocycles. The van der Waals surface area contributed by atoms with Gasteiger partial charge in [-0.15, -0.1) is 0 Å². The molecule has 2 aliphatic rings. The number of rotatable bonds is 2. The maximum atomic E-state index is 2.56. The zero-order valence-corrected chi connectivity index (χ0v) is 15.0. The minimum absolute atomic E-state index is 0.335. The van der Waals surface area contributed by atoms with Crippen molar-refractivity contribution in [3.8, 4) is 22.3 Å². The molecule has 0 spiro atoms. The van der Waals surface area contributed by atoms with Crippen molar-refractivity contribution in [1.82, 2.24) is 0 Å². The molecule has 4 aromatic carbocycles. The number of benzene rings is 4. The lowest BCUT2D eigenvalue weighted by atomic mass is 9.50. The van der Waals surface area contributed by atoms with Gasteiger partial charge in [-0.2, -0.15) is 0 Å². The van der Waals surface area contributed by atoms with Gasteiger partial charge in [-0.3, -0.25) is 0 Å². The Bertz CT molecular complexity index is 990. The highest BCUT2D eigenvalue weighted by Crippen LogP contribution is 2.50. The summed E-state index contributed by atoms with van der Waals surface area (Å²) in [5, 5.41) is 0. The molecule has 0 bridgehead atoms. The van der Waals surface area contributed by atoms with Crippen LogP contribution in [0.1, 0.15) is 33.9 Å². The van der Waals surface area contributed by atoms with Crippen LogP contribution in [-0.4, -0.2) is 7.28 Å². The third-order valence-electron chi connectivity index (χ3n) is 6.15. The second kappa shape index (κ2) is 5.72. The van der Waals surface area contributed by atoms with Crippen molar-refractivity contribution < 1.29 is 0 Å². The molecule has 0 fully saturated rings. The second-order valence-electron chi connectivity index (χ2n) is 7.50. The van der Waals surface area contributed by atoms with Crippen LogP contribution in [0.3, 0.4) is 0 Å². The third-order valence-corrected chi connectivity index (χ3v) is 6.15. The van der Waals surface area contributed by atoms with Crippen molar-refractivity contribution >= 4 is 7.28 Å². The van der Waals surface area contributed by atoms with Crippen LogP contribution in [0.5, 0.6) is 0 Å². The van der Waals surface area contributed by atoms with Crippen LogP contribution in [0.15, 0.2) is 97.1 Å². The van der Waals surface area contributed by atoms with Gasteiger partial charge in [0.05, 0.1) is 0 Å². The van der Waals surface area contributed by atoms with Gasteiger partial charge in [-0.25, -0.2) is 0 Å². The van der Waals surface area contributed by atoms with Gasteiger partial charge in [-0.1, -0.05) is 97.1 Å². The molecule has 0 heterocycles. The fraction of sp³-hybridized carbons (Fsp3) is 0.0769. The quantitative estimate of drug-likeness (QED) is 0.379. The standard InChI is InChI=1S/C26H18B/c1-5-13-21-17(9-1)18-10-2-6-14-22(18)25(21)27-26-23-15-7-3-11-19(23)20-12-4-8-16-24(20)26/h1-16,25-26H. The van der Waals surface area contributed by atoms with E-state index >= 15 is 0 Å². The first-order chi connectivity index (χ1) is 13.4. The fourth-order valence-corrected chi connectivity index (χ4v) is 5.00. The van der Waals surface area contributed by atoms with Crippen molar-refractivity contribution in [2.24, 2.45) is 0 Å². The second-order valence-corrected chi connectivity index (χ2v) is 7.50. The van der Waals surface area contributed by atoms with Gasteiger partial charge in [0.2, 0.25) is 0 Å². The first kappa shape index (κ1) is 15.0. The van der Waals surface area contributed by atoms with Crippen LogP contribution in [0.2, 0.25) is 0 Å². The summed E-state index contributed by atoms with van der Waals surface area (Å²) in [6.07, 6.45) is 0. The first-order valence-corrected chi connectivity index (χ1v) is 9.63. The molecule has 1 radical (unpaired) electrons. The summed E-state index contributed by atoms with van der Waals surface area (Å²) in [5.41, 5.74) is 11.3. The Hall–Kier alpha value is -3.06. The van der Waals surface area contributed by atoms with Crippen LogP contribution < -0.4 is 0 Å². The minimum Gasteiger partial charge on any atom is -0.0620 e. The van der Waals surface area contributed by atoms with Gasteiger partial charge in [0.25, 0.3) is 0 Å². The third kappa shape index (κ3) is 2.12. The molecule has 1 heteroatoms. The van der Waals surface area contributed by atoms with E-state index in [2.05, 4.69) is 104 Å². The van der Waals surface area contributed by atoms with Crippen LogP contribution in [0, 0.1) is 0 Å². The maximum Gasteiger partial charge on any atom is 0.141 e. The van der Waals surface area contributed by atoms with Crippen LogP contribution in [0.25, 0.3) is 22.3 Å². The van der Waals surface area contributed by atoms with Crippen molar-refractivity contribution in [3.63, 3.8) is 0 Å². The summed E-state index contributed by atoms with van der Waals surface area (Å²) in [6.45, 7) is 0. The predicted octanol–water partition coefficient (Wildman–Crippen LogP) is 6.23. The molecule has 27 heavy (non-hydrogen) atoms. The average molecular weight is 341 g/mol. The Labute approximate surface area is 160 Å². The zero-order valence-electron chi connectivity index (χ0n) is 15.0. The number of hydrogen-bond acceptors (Lipinski definition) is 0. The molecule has 0 saturated carbocycles. The van der Waals surface area contributed by atoms with E-state index in [0.29, 0.717) is 11.6 Å². The molecule has 125 valence electrons.